The molecule has 3 rings (SSSR count). The highest BCUT2D eigenvalue weighted by molar-refractivity contribution is 5.73. The van der Waals surface area contributed by atoms with E-state index in [9.17, 15) is 4.79 Å². The zero-order chi connectivity index (χ0) is 16.2. The first kappa shape index (κ1) is 15.5. The fourth-order valence-corrected chi connectivity index (χ4v) is 3.11. The van der Waals surface area contributed by atoms with Gasteiger partial charge in [-0.1, -0.05) is 18.2 Å². The number of likely N-dealkylation sites (tertiary alicyclic amines) is 1. The van der Waals surface area contributed by atoms with Crippen LogP contribution >= 0.6 is 0 Å². The predicted molar refractivity (Wildman–Crippen MR) is 90.5 cm³/mol. The van der Waals surface area contributed by atoms with Gasteiger partial charge in [0, 0.05) is 43.4 Å². The molecule has 2 heterocycles. The Kier molecular flexibility index (Phi) is 4.60. The highest BCUT2D eigenvalue weighted by atomic mass is 16.5. The number of rotatable bonds is 3. The molecule has 1 atom stereocenters. The third-order valence-electron chi connectivity index (χ3n) is 4.49. The van der Waals surface area contributed by atoms with Crippen LogP contribution in [0.3, 0.4) is 0 Å². The third kappa shape index (κ3) is 3.52. The average Bonchev–Trinajstić information content (AvgIpc) is 2.62. The highest BCUT2D eigenvalue weighted by Crippen LogP contribution is 2.28. The zero-order valence-corrected chi connectivity index (χ0v) is 13.7. The fourth-order valence-electron chi connectivity index (χ4n) is 3.11. The van der Waals surface area contributed by atoms with Gasteiger partial charge in [0.25, 0.3) is 0 Å². The Labute approximate surface area is 137 Å². The summed E-state index contributed by atoms with van der Waals surface area (Å²) >= 11 is 0. The standard InChI is InChI=1S/C19H22N2O2/c1-14(22)21-11-3-4-17(13-21)19-10-7-16(12-20-19)15-5-8-18(23-2)9-6-15/h5-10,12,17H,3-4,11,13H2,1-2H3. The van der Waals surface area contributed by atoms with Gasteiger partial charge in [-0.2, -0.15) is 0 Å². The number of ether oxygens (including phenoxy) is 1. The van der Waals surface area contributed by atoms with Crippen LogP contribution in [-0.2, 0) is 4.79 Å². The van der Waals surface area contributed by atoms with Gasteiger partial charge in [0.1, 0.15) is 5.75 Å². The van der Waals surface area contributed by atoms with Crippen molar-refractivity contribution in [2.75, 3.05) is 20.2 Å². The van der Waals surface area contributed by atoms with Gasteiger partial charge in [0.05, 0.1) is 7.11 Å². The fraction of sp³-hybridized carbons (Fsp3) is 0.368. The molecule has 23 heavy (non-hydrogen) atoms. The van der Waals surface area contributed by atoms with Crippen LogP contribution in [0, 0.1) is 0 Å². The number of carbonyl (C=O) groups is 1. The quantitative estimate of drug-likeness (QED) is 0.871. The molecule has 1 aromatic heterocycles. The number of piperidine rings is 1. The molecule has 1 aliphatic heterocycles. The summed E-state index contributed by atoms with van der Waals surface area (Å²) in [5.41, 5.74) is 3.29. The summed E-state index contributed by atoms with van der Waals surface area (Å²) in [6, 6.07) is 12.2. The summed E-state index contributed by atoms with van der Waals surface area (Å²) in [4.78, 5) is 18.1. The van der Waals surface area contributed by atoms with E-state index in [0.29, 0.717) is 5.92 Å². The van der Waals surface area contributed by atoms with Crippen LogP contribution in [0.2, 0.25) is 0 Å². The number of amides is 1. The lowest BCUT2D eigenvalue weighted by molar-refractivity contribution is -0.130. The smallest absolute Gasteiger partial charge is 0.219 e. The van der Waals surface area contributed by atoms with Crippen molar-refractivity contribution in [3.05, 3.63) is 48.3 Å². The van der Waals surface area contributed by atoms with Crippen molar-refractivity contribution in [3.63, 3.8) is 0 Å². The van der Waals surface area contributed by atoms with Crippen LogP contribution in [0.1, 0.15) is 31.4 Å². The van der Waals surface area contributed by atoms with E-state index >= 15 is 0 Å². The minimum absolute atomic E-state index is 0.157. The lowest BCUT2D eigenvalue weighted by Crippen LogP contribution is -2.37. The summed E-state index contributed by atoms with van der Waals surface area (Å²) in [7, 11) is 1.67. The van der Waals surface area contributed by atoms with Crippen molar-refractivity contribution in [1.29, 1.82) is 0 Å². The van der Waals surface area contributed by atoms with Gasteiger partial charge >= 0.3 is 0 Å². The van der Waals surface area contributed by atoms with Crippen molar-refractivity contribution in [2.45, 2.75) is 25.7 Å². The summed E-state index contributed by atoms with van der Waals surface area (Å²) < 4.78 is 5.19. The molecule has 0 N–H and O–H groups in total. The van der Waals surface area contributed by atoms with Crippen LogP contribution in [-0.4, -0.2) is 36.0 Å². The van der Waals surface area contributed by atoms with E-state index < -0.39 is 0 Å². The number of hydrogen-bond donors (Lipinski definition) is 0. The molecule has 0 aliphatic carbocycles. The molecule has 4 heteroatoms. The number of benzene rings is 1. The predicted octanol–water partition coefficient (Wildman–Crippen LogP) is 3.48. The molecule has 1 fully saturated rings. The first-order chi connectivity index (χ1) is 11.2. The summed E-state index contributed by atoms with van der Waals surface area (Å²) in [5, 5.41) is 0. The van der Waals surface area contributed by atoms with Crippen LogP contribution in [0.4, 0.5) is 0 Å². The summed E-state index contributed by atoms with van der Waals surface area (Å²) in [5.74, 6) is 1.35. The monoisotopic (exact) mass is 310 g/mol. The van der Waals surface area contributed by atoms with Gasteiger partial charge < -0.3 is 9.64 Å². The molecule has 2 aromatic rings. The van der Waals surface area contributed by atoms with E-state index in [2.05, 4.69) is 17.1 Å². The van der Waals surface area contributed by atoms with Crippen molar-refractivity contribution in [1.82, 2.24) is 9.88 Å². The van der Waals surface area contributed by atoms with E-state index in [1.54, 1.807) is 14.0 Å². The largest absolute Gasteiger partial charge is 0.497 e. The first-order valence-corrected chi connectivity index (χ1v) is 8.03. The van der Waals surface area contributed by atoms with Gasteiger partial charge in [-0.05, 0) is 36.6 Å². The summed E-state index contributed by atoms with van der Waals surface area (Å²) in [6.07, 6.45) is 4.06. The van der Waals surface area contributed by atoms with Gasteiger partial charge in [0.2, 0.25) is 5.91 Å². The number of pyridine rings is 1. The number of carbonyl (C=O) groups excluding carboxylic acids is 1. The Morgan fingerprint density at radius 3 is 2.52 bits per heavy atom. The van der Waals surface area contributed by atoms with Crippen molar-refractivity contribution >= 4 is 5.91 Å². The highest BCUT2D eigenvalue weighted by Gasteiger charge is 2.23. The molecule has 0 saturated carbocycles. The lowest BCUT2D eigenvalue weighted by Gasteiger charge is -2.31. The maximum absolute atomic E-state index is 11.6. The number of aromatic nitrogens is 1. The maximum Gasteiger partial charge on any atom is 0.219 e. The normalized spacial score (nSPS) is 17.8. The molecule has 0 radical (unpaired) electrons. The Hall–Kier alpha value is -2.36. The van der Waals surface area contributed by atoms with Crippen LogP contribution in [0.5, 0.6) is 5.75 Å². The molecule has 1 amide bonds. The molecule has 0 bridgehead atoms. The molecule has 1 saturated heterocycles. The molecular formula is C19H22N2O2. The SMILES string of the molecule is COc1ccc(-c2ccc(C3CCCN(C(C)=O)C3)nc2)cc1. The van der Waals surface area contributed by atoms with Crippen LogP contribution < -0.4 is 4.74 Å². The third-order valence-corrected chi connectivity index (χ3v) is 4.49. The van der Waals surface area contributed by atoms with Gasteiger partial charge in [-0.25, -0.2) is 0 Å². The molecule has 0 spiro atoms. The number of nitrogens with zero attached hydrogens (tertiary/aromatic N) is 2. The van der Waals surface area contributed by atoms with E-state index in [0.717, 1.165) is 48.5 Å². The Balaban J connectivity index is 1.74. The molecular weight excluding hydrogens is 288 g/mol. The number of methoxy groups -OCH3 is 1. The molecule has 1 aromatic carbocycles. The van der Waals surface area contributed by atoms with Crippen LogP contribution in [0.15, 0.2) is 42.6 Å². The lowest BCUT2D eigenvalue weighted by atomic mass is 9.93. The molecule has 1 aliphatic rings. The summed E-state index contributed by atoms with van der Waals surface area (Å²) in [6.45, 7) is 3.29. The Morgan fingerprint density at radius 1 is 1.17 bits per heavy atom. The Bertz CT molecular complexity index is 665. The van der Waals surface area contributed by atoms with Crippen molar-refractivity contribution in [3.8, 4) is 16.9 Å². The van der Waals surface area contributed by atoms with E-state index in [1.165, 1.54) is 0 Å². The number of hydrogen-bond acceptors (Lipinski definition) is 3. The average molecular weight is 310 g/mol. The van der Waals surface area contributed by atoms with Gasteiger partial charge in [-0.3, -0.25) is 9.78 Å². The van der Waals surface area contributed by atoms with Crippen LogP contribution in [0.25, 0.3) is 11.1 Å². The second kappa shape index (κ2) is 6.82. The maximum atomic E-state index is 11.6. The molecule has 120 valence electrons. The van der Waals surface area contributed by atoms with Crippen molar-refractivity contribution in [2.24, 2.45) is 0 Å². The zero-order valence-electron chi connectivity index (χ0n) is 13.7. The van der Waals surface area contributed by atoms with E-state index in [4.69, 9.17) is 4.74 Å². The van der Waals surface area contributed by atoms with Gasteiger partial charge in [-0.15, -0.1) is 0 Å². The second-order valence-electron chi connectivity index (χ2n) is 6.00. The van der Waals surface area contributed by atoms with E-state index in [-0.39, 0.29) is 5.91 Å². The second-order valence-corrected chi connectivity index (χ2v) is 6.00. The molecule has 1 unspecified atom stereocenters. The minimum atomic E-state index is 0.157. The minimum Gasteiger partial charge on any atom is -0.497 e. The molecule has 4 nitrogen and oxygen atoms in total. The van der Waals surface area contributed by atoms with E-state index in [1.807, 2.05) is 35.4 Å². The van der Waals surface area contributed by atoms with Crippen molar-refractivity contribution < 1.29 is 9.53 Å². The first-order valence-electron chi connectivity index (χ1n) is 8.03. The van der Waals surface area contributed by atoms with Gasteiger partial charge in [0.15, 0.2) is 0 Å². The topological polar surface area (TPSA) is 42.4 Å². The Morgan fingerprint density at radius 2 is 1.91 bits per heavy atom.